The number of benzene rings is 2. The van der Waals surface area contributed by atoms with Gasteiger partial charge in [-0.15, -0.1) is 0 Å². The number of amides is 1. The minimum absolute atomic E-state index is 0.323. The maximum atomic E-state index is 13.3. The molecular formula is C22H18ClN3O3. The summed E-state index contributed by atoms with van der Waals surface area (Å²) in [5, 5.41) is 10.2. The highest BCUT2D eigenvalue weighted by atomic mass is 35.5. The maximum Gasteiger partial charge on any atom is 0.326 e. The molecule has 1 fully saturated rings. The number of hydrogen-bond donors (Lipinski definition) is 1. The van der Waals surface area contributed by atoms with Gasteiger partial charge >= 0.3 is 5.97 Å². The molecule has 0 saturated carbocycles. The Kier molecular flexibility index (Phi) is 5.27. The van der Waals surface area contributed by atoms with Gasteiger partial charge < -0.3 is 10.0 Å². The van der Waals surface area contributed by atoms with Crippen molar-refractivity contribution in [2.75, 3.05) is 0 Å². The molecule has 3 aromatic rings. The zero-order chi connectivity index (χ0) is 20.4. The van der Waals surface area contributed by atoms with Gasteiger partial charge in [0, 0.05) is 28.5 Å². The molecule has 2 aromatic carbocycles. The highest BCUT2D eigenvalue weighted by molar-refractivity contribution is 6.31. The number of aliphatic carboxylic acids is 1. The Morgan fingerprint density at radius 2 is 1.66 bits per heavy atom. The van der Waals surface area contributed by atoms with Crippen LogP contribution in [0, 0.1) is 0 Å². The summed E-state index contributed by atoms with van der Waals surface area (Å²) >= 11 is 6.34. The number of nitrogens with zero attached hydrogens (tertiary/aromatic N) is 3. The summed E-state index contributed by atoms with van der Waals surface area (Å²) in [7, 11) is 0. The summed E-state index contributed by atoms with van der Waals surface area (Å²) in [5.41, 5.74) is 2.91. The number of hydrogen-bond acceptors (Lipinski definition) is 4. The Hall–Kier alpha value is -3.25. The summed E-state index contributed by atoms with van der Waals surface area (Å²) < 4.78 is 0. The Balaban J connectivity index is 1.67. The molecule has 6 nitrogen and oxygen atoms in total. The second kappa shape index (κ2) is 8.01. The number of likely N-dealkylation sites (tertiary alicyclic amines) is 1. The molecular weight excluding hydrogens is 390 g/mol. The SMILES string of the molecule is O=C(O)[C@@H]1CC[C@H](c2ccccc2Cl)N1C(=O)c1ccc(-c2cncnc2)cc1. The molecule has 1 saturated heterocycles. The Morgan fingerprint density at radius 1 is 0.966 bits per heavy atom. The molecule has 29 heavy (non-hydrogen) atoms. The average Bonchev–Trinajstić information content (AvgIpc) is 3.19. The quantitative estimate of drug-likeness (QED) is 0.699. The van der Waals surface area contributed by atoms with Crippen LogP contribution in [0.3, 0.4) is 0 Å². The molecule has 1 aliphatic heterocycles. The summed E-state index contributed by atoms with van der Waals surface area (Å²) in [6, 6.07) is 13.0. The van der Waals surface area contributed by atoms with Crippen LogP contribution in [0.4, 0.5) is 0 Å². The second-order valence-corrected chi connectivity index (χ2v) is 7.29. The summed E-state index contributed by atoms with van der Waals surface area (Å²) in [6.45, 7) is 0. The Morgan fingerprint density at radius 3 is 2.31 bits per heavy atom. The molecule has 0 radical (unpaired) electrons. The minimum Gasteiger partial charge on any atom is -0.480 e. The number of carbonyl (C=O) groups excluding carboxylic acids is 1. The van der Waals surface area contributed by atoms with Gasteiger partial charge in [-0.2, -0.15) is 0 Å². The third-order valence-electron chi connectivity index (χ3n) is 5.19. The fraction of sp³-hybridized carbons (Fsp3) is 0.182. The lowest BCUT2D eigenvalue weighted by Gasteiger charge is -2.29. The molecule has 0 spiro atoms. The fourth-order valence-electron chi connectivity index (χ4n) is 3.79. The minimum atomic E-state index is -1.01. The smallest absolute Gasteiger partial charge is 0.326 e. The van der Waals surface area contributed by atoms with Crippen molar-refractivity contribution in [3.8, 4) is 11.1 Å². The molecule has 1 N–H and O–H groups in total. The Labute approximate surface area is 172 Å². The van der Waals surface area contributed by atoms with E-state index in [2.05, 4.69) is 9.97 Å². The van der Waals surface area contributed by atoms with E-state index in [4.69, 9.17) is 11.6 Å². The molecule has 2 atom stereocenters. The van der Waals surface area contributed by atoms with Crippen LogP contribution in [-0.4, -0.2) is 37.9 Å². The van der Waals surface area contributed by atoms with Crippen LogP contribution in [0.15, 0.2) is 67.3 Å². The van der Waals surface area contributed by atoms with Crippen molar-refractivity contribution in [1.29, 1.82) is 0 Å². The van der Waals surface area contributed by atoms with E-state index in [-0.39, 0.29) is 11.9 Å². The van der Waals surface area contributed by atoms with Crippen LogP contribution in [0.5, 0.6) is 0 Å². The lowest BCUT2D eigenvalue weighted by molar-refractivity contribution is -0.141. The first-order chi connectivity index (χ1) is 14.1. The normalized spacial score (nSPS) is 18.6. The monoisotopic (exact) mass is 407 g/mol. The summed E-state index contributed by atoms with van der Waals surface area (Å²) in [5.74, 6) is -1.33. The summed E-state index contributed by atoms with van der Waals surface area (Å²) in [4.78, 5) is 34.6. The highest BCUT2D eigenvalue weighted by Gasteiger charge is 2.42. The van der Waals surface area contributed by atoms with E-state index in [0.29, 0.717) is 23.4 Å². The topological polar surface area (TPSA) is 83.4 Å². The van der Waals surface area contributed by atoms with E-state index in [1.807, 2.05) is 30.3 Å². The van der Waals surface area contributed by atoms with Crippen molar-refractivity contribution in [3.63, 3.8) is 0 Å². The van der Waals surface area contributed by atoms with E-state index in [0.717, 1.165) is 16.7 Å². The van der Waals surface area contributed by atoms with Gasteiger partial charge in [0.15, 0.2) is 0 Å². The van der Waals surface area contributed by atoms with E-state index < -0.39 is 12.0 Å². The van der Waals surface area contributed by atoms with Gasteiger partial charge in [0.2, 0.25) is 0 Å². The van der Waals surface area contributed by atoms with Crippen molar-refractivity contribution in [3.05, 3.63) is 83.4 Å². The number of carbonyl (C=O) groups is 2. The lowest BCUT2D eigenvalue weighted by Crippen LogP contribution is -2.41. The van der Waals surface area contributed by atoms with Crippen molar-refractivity contribution >= 4 is 23.5 Å². The molecule has 2 heterocycles. The van der Waals surface area contributed by atoms with Crippen LogP contribution in [0.25, 0.3) is 11.1 Å². The predicted molar refractivity (Wildman–Crippen MR) is 108 cm³/mol. The first kappa shape index (κ1) is 19.1. The molecule has 146 valence electrons. The second-order valence-electron chi connectivity index (χ2n) is 6.89. The molecule has 1 amide bonds. The van der Waals surface area contributed by atoms with Crippen molar-refractivity contribution in [2.45, 2.75) is 24.9 Å². The number of rotatable bonds is 4. The largest absolute Gasteiger partial charge is 0.480 e. The standard InChI is InChI=1S/C22H18ClN3O3/c23-18-4-2-1-3-17(18)19-9-10-20(22(28)29)26(19)21(27)15-7-5-14(6-8-15)16-11-24-13-25-12-16/h1-8,11-13,19-20H,9-10H2,(H,28,29)/t19-,20+/m1/s1. The summed E-state index contributed by atoms with van der Waals surface area (Å²) in [6.07, 6.45) is 5.77. The molecule has 0 unspecified atom stereocenters. The van der Waals surface area contributed by atoms with E-state index in [1.54, 1.807) is 30.6 Å². The van der Waals surface area contributed by atoms with Gasteiger partial charge in [-0.1, -0.05) is 41.9 Å². The fourth-order valence-corrected chi connectivity index (χ4v) is 4.05. The lowest BCUT2D eigenvalue weighted by atomic mass is 10.0. The number of carboxylic acids is 1. The highest BCUT2D eigenvalue weighted by Crippen LogP contribution is 2.40. The number of halogens is 1. The molecule has 0 bridgehead atoms. The van der Waals surface area contributed by atoms with Crippen LogP contribution in [0.2, 0.25) is 5.02 Å². The third kappa shape index (κ3) is 3.71. The molecule has 1 aromatic heterocycles. The predicted octanol–water partition coefficient (Wildman–Crippen LogP) is 4.23. The van der Waals surface area contributed by atoms with Crippen LogP contribution in [0.1, 0.15) is 34.8 Å². The molecule has 4 rings (SSSR count). The van der Waals surface area contributed by atoms with Crippen LogP contribution >= 0.6 is 11.6 Å². The van der Waals surface area contributed by atoms with E-state index in [1.165, 1.54) is 11.2 Å². The van der Waals surface area contributed by atoms with Crippen molar-refractivity contribution < 1.29 is 14.7 Å². The molecule has 0 aliphatic carbocycles. The van der Waals surface area contributed by atoms with E-state index >= 15 is 0 Å². The first-order valence-electron chi connectivity index (χ1n) is 9.21. The average molecular weight is 408 g/mol. The number of aromatic nitrogens is 2. The van der Waals surface area contributed by atoms with Gasteiger partial charge in [-0.05, 0) is 42.2 Å². The maximum absolute atomic E-state index is 13.3. The zero-order valence-electron chi connectivity index (χ0n) is 15.4. The van der Waals surface area contributed by atoms with Gasteiger partial charge in [0.1, 0.15) is 12.4 Å². The number of carboxylic acid groups (broad SMARTS) is 1. The first-order valence-corrected chi connectivity index (χ1v) is 9.59. The van der Waals surface area contributed by atoms with Crippen LogP contribution in [-0.2, 0) is 4.79 Å². The van der Waals surface area contributed by atoms with Gasteiger partial charge in [0.05, 0.1) is 6.04 Å². The van der Waals surface area contributed by atoms with Gasteiger partial charge in [0.25, 0.3) is 5.91 Å². The Bertz CT molecular complexity index is 1040. The molecule has 7 heteroatoms. The van der Waals surface area contributed by atoms with E-state index in [9.17, 15) is 14.7 Å². The molecule has 1 aliphatic rings. The zero-order valence-corrected chi connectivity index (χ0v) is 16.2. The third-order valence-corrected chi connectivity index (χ3v) is 5.54. The van der Waals surface area contributed by atoms with Gasteiger partial charge in [-0.25, -0.2) is 14.8 Å². The van der Waals surface area contributed by atoms with Crippen molar-refractivity contribution in [2.24, 2.45) is 0 Å². The van der Waals surface area contributed by atoms with Crippen molar-refractivity contribution in [1.82, 2.24) is 14.9 Å². The van der Waals surface area contributed by atoms with Gasteiger partial charge in [-0.3, -0.25) is 4.79 Å². The van der Waals surface area contributed by atoms with Crippen LogP contribution < -0.4 is 0 Å².